The van der Waals surface area contributed by atoms with E-state index in [4.69, 9.17) is 17.0 Å². The maximum Gasteiger partial charge on any atom is 0.340 e. The Bertz CT molecular complexity index is 751. The molecule has 1 aromatic carbocycles. The van der Waals surface area contributed by atoms with Crippen molar-refractivity contribution in [1.29, 1.82) is 0 Å². The van der Waals surface area contributed by atoms with Crippen LogP contribution >= 0.6 is 23.6 Å². The van der Waals surface area contributed by atoms with Gasteiger partial charge in [-0.15, -0.1) is 11.3 Å². The summed E-state index contributed by atoms with van der Waals surface area (Å²) in [4.78, 5) is 24.0. The lowest BCUT2D eigenvalue weighted by atomic mass is 10.1. The maximum absolute atomic E-state index is 11.7. The normalized spacial score (nSPS) is 10.0. The fourth-order valence-corrected chi connectivity index (χ4v) is 3.11. The molecule has 0 aliphatic carbocycles. The van der Waals surface area contributed by atoms with Crippen LogP contribution in [0.5, 0.6) is 0 Å². The summed E-state index contributed by atoms with van der Waals surface area (Å²) in [5, 5.41) is 7.00. The quantitative estimate of drug-likeness (QED) is 0.497. The molecule has 7 heteroatoms. The molecule has 0 amide bonds. The van der Waals surface area contributed by atoms with Gasteiger partial charge in [-0.1, -0.05) is 0 Å². The number of ketones is 1. The van der Waals surface area contributed by atoms with Gasteiger partial charge in [0.15, 0.2) is 10.9 Å². The minimum Gasteiger partial charge on any atom is -0.465 e. The number of hydrogen-bond donors (Lipinski definition) is 2. The zero-order valence-corrected chi connectivity index (χ0v) is 14.6. The molecule has 2 aromatic rings. The van der Waals surface area contributed by atoms with E-state index in [2.05, 4.69) is 10.6 Å². The van der Waals surface area contributed by atoms with Gasteiger partial charge in [-0.3, -0.25) is 4.79 Å². The molecule has 1 heterocycles. The van der Waals surface area contributed by atoms with E-state index in [0.29, 0.717) is 21.2 Å². The first-order valence-corrected chi connectivity index (χ1v) is 8.01. The molecule has 0 radical (unpaired) electrons. The highest BCUT2D eigenvalue weighted by Crippen LogP contribution is 2.28. The number of carbonyl (C=O) groups is 2. The van der Waals surface area contributed by atoms with Crippen LogP contribution in [0, 0.1) is 6.92 Å². The van der Waals surface area contributed by atoms with Gasteiger partial charge in [0.2, 0.25) is 0 Å². The Labute approximate surface area is 143 Å². The largest absolute Gasteiger partial charge is 0.465 e. The molecule has 120 valence electrons. The van der Waals surface area contributed by atoms with Crippen LogP contribution in [0.2, 0.25) is 0 Å². The minimum absolute atomic E-state index is 0.00836. The molecule has 0 fully saturated rings. The lowest BCUT2D eigenvalue weighted by molar-refractivity contribution is 0.0602. The molecule has 23 heavy (non-hydrogen) atoms. The summed E-state index contributed by atoms with van der Waals surface area (Å²) < 4.78 is 4.76. The van der Waals surface area contributed by atoms with Crippen molar-refractivity contribution >= 4 is 51.1 Å². The van der Waals surface area contributed by atoms with Gasteiger partial charge in [-0.05, 0) is 56.4 Å². The zero-order chi connectivity index (χ0) is 17.0. The van der Waals surface area contributed by atoms with Crippen molar-refractivity contribution in [2.45, 2.75) is 13.8 Å². The smallest absolute Gasteiger partial charge is 0.340 e. The summed E-state index contributed by atoms with van der Waals surface area (Å²) in [6.07, 6.45) is 0. The fraction of sp³-hybridized carbons (Fsp3) is 0.188. The lowest BCUT2D eigenvalue weighted by Crippen LogP contribution is -2.19. The SMILES string of the molecule is COC(=O)c1cc(C)sc1NC(=S)Nc1ccc(C(C)=O)cc1. The van der Waals surface area contributed by atoms with E-state index in [1.807, 2.05) is 6.92 Å². The topological polar surface area (TPSA) is 67.4 Å². The second-order valence-electron chi connectivity index (χ2n) is 4.80. The van der Waals surface area contributed by atoms with Crippen LogP contribution in [-0.2, 0) is 4.74 Å². The fourth-order valence-electron chi connectivity index (χ4n) is 1.92. The van der Waals surface area contributed by atoms with E-state index >= 15 is 0 Å². The average Bonchev–Trinajstić information content (AvgIpc) is 2.87. The Kier molecular flexibility index (Phi) is 5.46. The van der Waals surface area contributed by atoms with Crippen LogP contribution in [0.15, 0.2) is 30.3 Å². The van der Waals surface area contributed by atoms with Crippen LogP contribution in [0.1, 0.15) is 32.5 Å². The predicted molar refractivity (Wildman–Crippen MR) is 96.7 cm³/mol. The number of thiocarbonyl (C=S) groups is 1. The molecule has 0 unspecified atom stereocenters. The Morgan fingerprint density at radius 2 is 1.83 bits per heavy atom. The number of nitrogens with one attached hydrogen (secondary N) is 2. The standard InChI is InChI=1S/C16H16N2O3S2/c1-9-8-13(15(20)21-3)14(23-9)18-16(22)17-12-6-4-11(5-7-12)10(2)19/h4-8H,1-3H3,(H2,17,18,22). The molecule has 0 bridgehead atoms. The van der Waals surface area contributed by atoms with Gasteiger partial charge in [-0.25, -0.2) is 4.79 Å². The maximum atomic E-state index is 11.7. The molecule has 5 nitrogen and oxygen atoms in total. The average molecular weight is 348 g/mol. The lowest BCUT2D eigenvalue weighted by Gasteiger charge is -2.10. The zero-order valence-electron chi connectivity index (χ0n) is 12.9. The monoisotopic (exact) mass is 348 g/mol. The summed E-state index contributed by atoms with van der Waals surface area (Å²) in [6, 6.07) is 8.74. The van der Waals surface area contributed by atoms with Crippen molar-refractivity contribution in [3.05, 3.63) is 46.3 Å². The summed E-state index contributed by atoms with van der Waals surface area (Å²) in [5.74, 6) is -0.403. The van der Waals surface area contributed by atoms with Gasteiger partial charge in [0.25, 0.3) is 0 Å². The third kappa shape index (κ3) is 4.37. The summed E-state index contributed by atoms with van der Waals surface area (Å²) in [6.45, 7) is 3.42. The van der Waals surface area contributed by atoms with Crippen LogP contribution in [0.3, 0.4) is 0 Å². The van der Waals surface area contributed by atoms with Crippen LogP contribution < -0.4 is 10.6 Å². The Morgan fingerprint density at radius 3 is 2.39 bits per heavy atom. The van der Waals surface area contributed by atoms with E-state index in [1.165, 1.54) is 25.4 Å². The Balaban J connectivity index is 2.08. The minimum atomic E-state index is -0.412. The highest BCUT2D eigenvalue weighted by molar-refractivity contribution is 7.80. The molecular formula is C16H16N2O3S2. The van der Waals surface area contributed by atoms with Crippen molar-refractivity contribution in [3.8, 4) is 0 Å². The molecule has 0 saturated carbocycles. The van der Waals surface area contributed by atoms with Gasteiger partial charge >= 0.3 is 5.97 Å². The van der Waals surface area contributed by atoms with E-state index < -0.39 is 5.97 Å². The molecule has 1 aromatic heterocycles. The van der Waals surface area contributed by atoms with Gasteiger partial charge in [0.05, 0.1) is 12.7 Å². The molecule has 2 N–H and O–H groups in total. The highest BCUT2D eigenvalue weighted by atomic mass is 32.1. The van der Waals surface area contributed by atoms with Gasteiger partial charge < -0.3 is 15.4 Å². The van der Waals surface area contributed by atoms with Crippen molar-refractivity contribution in [1.82, 2.24) is 0 Å². The van der Waals surface area contributed by atoms with E-state index in [9.17, 15) is 9.59 Å². The number of aryl methyl sites for hydroxylation is 1. The van der Waals surface area contributed by atoms with Gasteiger partial charge in [0, 0.05) is 16.1 Å². The highest BCUT2D eigenvalue weighted by Gasteiger charge is 2.16. The van der Waals surface area contributed by atoms with Crippen molar-refractivity contribution in [2.75, 3.05) is 17.7 Å². The number of anilines is 2. The second-order valence-corrected chi connectivity index (χ2v) is 6.47. The number of rotatable bonds is 4. The molecular weight excluding hydrogens is 332 g/mol. The van der Waals surface area contributed by atoms with E-state index in [0.717, 1.165) is 10.6 Å². The van der Waals surface area contributed by atoms with Crippen LogP contribution in [0.25, 0.3) is 0 Å². The molecule has 0 spiro atoms. The van der Waals surface area contributed by atoms with E-state index in [-0.39, 0.29) is 5.78 Å². The number of carbonyl (C=O) groups excluding carboxylic acids is 2. The summed E-state index contributed by atoms with van der Waals surface area (Å²) in [7, 11) is 1.34. The number of esters is 1. The number of ether oxygens (including phenoxy) is 1. The Hall–Kier alpha value is -2.25. The van der Waals surface area contributed by atoms with E-state index in [1.54, 1.807) is 30.3 Å². The Morgan fingerprint density at radius 1 is 1.17 bits per heavy atom. The van der Waals surface area contributed by atoms with Crippen molar-refractivity contribution in [3.63, 3.8) is 0 Å². The first-order valence-electron chi connectivity index (χ1n) is 6.78. The summed E-state index contributed by atoms with van der Waals surface area (Å²) in [5.41, 5.74) is 1.84. The van der Waals surface area contributed by atoms with Gasteiger partial charge in [0.1, 0.15) is 5.00 Å². The number of benzene rings is 1. The van der Waals surface area contributed by atoms with Crippen LogP contribution in [-0.4, -0.2) is 24.0 Å². The second kappa shape index (κ2) is 7.34. The van der Waals surface area contributed by atoms with Crippen molar-refractivity contribution < 1.29 is 14.3 Å². The number of hydrogen-bond acceptors (Lipinski definition) is 5. The third-order valence-electron chi connectivity index (χ3n) is 3.04. The number of methoxy groups -OCH3 is 1. The first-order chi connectivity index (χ1) is 10.9. The number of thiophene rings is 1. The number of Topliss-reactive ketones (excluding diaryl/α,β-unsaturated/α-hetero) is 1. The molecule has 0 aliphatic heterocycles. The first kappa shape index (κ1) is 17.1. The molecule has 0 atom stereocenters. The van der Waals surface area contributed by atoms with Crippen LogP contribution in [0.4, 0.5) is 10.7 Å². The summed E-state index contributed by atoms with van der Waals surface area (Å²) >= 11 is 6.68. The molecule has 0 saturated heterocycles. The third-order valence-corrected chi connectivity index (χ3v) is 4.21. The predicted octanol–water partition coefficient (Wildman–Crippen LogP) is 3.85. The molecule has 0 aliphatic rings. The van der Waals surface area contributed by atoms with Gasteiger partial charge in [-0.2, -0.15) is 0 Å². The van der Waals surface area contributed by atoms with Crippen molar-refractivity contribution in [2.24, 2.45) is 0 Å². The molecule has 2 rings (SSSR count).